The van der Waals surface area contributed by atoms with Crippen LogP contribution >= 0.6 is 11.6 Å². The maximum atomic E-state index is 12.5. The van der Waals surface area contributed by atoms with Gasteiger partial charge >= 0.3 is 5.97 Å². The van der Waals surface area contributed by atoms with Crippen molar-refractivity contribution in [2.75, 3.05) is 26.9 Å². The molecule has 0 aromatic carbocycles. The van der Waals surface area contributed by atoms with Gasteiger partial charge in [0.25, 0.3) is 0 Å². The van der Waals surface area contributed by atoms with E-state index in [1.165, 1.54) is 12.3 Å². The van der Waals surface area contributed by atoms with E-state index in [-0.39, 0.29) is 10.7 Å². The number of ether oxygens (including phenoxy) is 3. The molecule has 160 valence electrons. The number of hydrogen-bond acceptors (Lipinski definition) is 6. The van der Waals surface area contributed by atoms with E-state index in [9.17, 15) is 14.7 Å². The maximum absolute atomic E-state index is 12.5. The highest BCUT2D eigenvalue weighted by Crippen LogP contribution is 2.45. The lowest BCUT2D eigenvalue weighted by Crippen LogP contribution is -2.38. The molecule has 1 N–H and O–H groups in total. The summed E-state index contributed by atoms with van der Waals surface area (Å²) in [5, 5.41) is 9.61. The Morgan fingerprint density at radius 3 is 2.80 bits per heavy atom. The quantitative estimate of drug-likeness (QED) is 0.549. The van der Waals surface area contributed by atoms with Gasteiger partial charge in [0.1, 0.15) is 17.9 Å². The lowest BCUT2D eigenvalue weighted by molar-refractivity contribution is 0.0693. The van der Waals surface area contributed by atoms with Crippen LogP contribution in [0, 0.1) is 0 Å². The highest BCUT2D eigenvalue weighted by molar-refractivity contribution is 6.31. The predicted octanol–water partition coefficient (Wildman–Crippen LogP) is 3.34. The second kappa shape index (κ2) is 8.28. The van der Waals surface area contributed by atoms with E-state index in [0.717, 1.165) is 25.7 Å². The molecule has 30 heavy (non-hydrogen) atoms. The largest absolute Gasteiger partial charge is 0.490 e. The molecular weight excluding hydrogens is 412 g/mol. The van der Waals surface area contributed by atoms with E-state index in [4.69, 9.17) is 25.8 Å². The molecule has 0 amide bonds. The van der Waals surface area contributed by atoms with Crippen molar-refractivity contribution in [3.05, 3.63) is 39.3 Å². The van der Waals surface area contributed by atoms with E-state index in [1.807, 2.05) is 4.57 Å². The molecule has 9 heteroatoms. The SMILES string of the molecule is COCCCOc1cc2c(nc1Cl)-c1cc(=O)c(C(=O)O)cn1C1(CCCC1)CO2. The number of halogens is 1. The third-order valence-electron chi connectivity index (χ3n) is 5.72. The molecule has 0 radical (unpaired) electrons. The van der Waals surface area contributed by atoms with Crippen LogP contribution in [0.4, 0.5) is 0 Å². The first-order chi connectivity index (χ1) is 14.4. The highest BCUT2D eigenvalue weighted by Gasteiger charge is 2.41. The minimum absolute atomic E-state index is 0.151. The monoisotopic (exact) mass is 434 g/mol. The van der Waals surface area contributed by atoms with Gasteiger partial charge in [0.05, 0.1) is 17.8 Å². The summed E-state index contributed by atoms with van der Waals surface area (Å²) in [5.74, 6) is -0.397. The number of carboxylic acid groups (broad SMARTS) is 1. The third kappa shape index (κ3) is 3.65. The van der Waals surface area contributed by atoms with Crippen LogP contribution in [0.3, 0.4) is 0 Å². The van der Waals surface area contributed by atoms with Gasteiger partial charge in [0, 0.05) is 38.5 Å². The van der Waals surface area contributed by atoms with Crippen LogP contribution in [0.5, 0.6) is 11.5 Å². The standard InChI is InChI=1S/C21H23ClN2O6/c1-28-7-4-8-29-17-10-16-18(23-19(17)22)14-9-15(25)13(20(26)27)11-24(14)21(12-30-16)5-2-3-6-21/h9-11H,2-8,12H2,1H3,(H,26,27). The molecule has 0 bridgehead atoms. The number of pyridine rings is 2. The fraction of sp³-hybridized carbons (Fsp3) is 0.476. The molecule has 2 aromatic rings. The number of nitrogens with zero attached hydrogens (tertiary/aromatic N) is 2. The molecule has 0 atom stereocenters. The number of fused-ring (bicyclic) bond motifs is 4. The van der Waals surface area contributed by atoms with E-state index in [0.29, 0.717) is 49.1 Å². The summed E-state index contributed by atoms with van der Waals surface area (Å²) in [6.07, 6.45) is 5.76. The molecule has 2 aromatic heterocycles. The summed E-state index contributed by atoms with van der Waals surface area (Å²) in [7, 11) is 1.62. The minimum atomic E-state index is -1.25. The first kappa shape index (κ1) is 20.7. The molecule has 1 aliphatic heterocycles. The van der Waals surface area contributed by atoms with Gasteiger partial charge in [0.15, 0.2) is 22.1 Å². The zero-order chi connectivity index (χ0) is 21.3. The van der Waals surface area contributed by atoms with Gasteiger partial charge in [-0.1, -0.05) is 24.4 Å². The second-order valence-corrected chi connectivity index (χ2v) is 8.01. The molecular formula is C21H23ClN2O6. The van der Waals surface area contributed by atoms with Gasteiger partial charge in [-0.05, 0) is 12.8 Å². The molecule has 1 spiro atoms. The molecule has 1 aliphatic carbocycles. The van der Waals surface area contributed by atoms with Crippen molar-refractivity contribution >= 4 is 17.6 Å². The Labute approximate surface area is 178 Å². The summed E-state index contributed by atoms with van der Waals surface area (Å²) in [5.41, 5.74) is -0.362. The van der Waals surface area contributed by atoms with Gasteiger partial charge < -0.3 is 23.9 Å². The van der Waals surface area contributed by atoms with Crippen molar-refractivity contribution < 1.29 is 24.1 Å². The van der Waals surface area contributed by atoms with Gasteiger partial charge in [0.2, 0.25) is 0 Å². The average Bonchev–Trinajstić information content (AvgIpc) is 3.16. The van der Waals surface area contributed by atoms with Crippen molar-refractivity contribution in [1.29, 1.82) is 0 Å². The fourth-order valence-corrected chi connectivity index (χ4v) is 4.40. The van der Waals surface area contributed by atoms with Crippen LogP contribution in [0.15, 0.2) is 23.1 Å². The lowest BCUT2D eigenvalue weighted by Gasteiger charge is -2.32. The van der Waals surface area contributed by atoms with Crippen molar-refractivity contribution in [1.82, 2.24) is 9.55 Å². The third-order valence-corrected chi connectivity index (χ3v) is 6.00. The highest BCUT2D eigenvalue weighted by atomic mass is 35.5. The van der Waals surface area contributed by atoms with E-state index >= 15 is 0 Å². The molecule has 8 nitrogen and oxygen atoms in total. The van der Waals surface area contributed by atoms with Crippen molar-refractivity contribution in [3.63, 3.8) is 0 Å². The first-order valence-corrected chi connectivity index (χ1v) is 10.3. The summed E-state index contributed by atoms with van der Waals surface area (Å²) in [6.45, 7) is 1.33. The predicted molar refractivity (Wildman–Crippen MR) is 110 cm³/mol. The summed E-state index contributed by atoms with van der Waals surface area (Å²) < 4.78 is 18.7. The number of aromatic carboxylic acids is 1. The molecule has 1 fully saturated rings. The zero-order valence-corrected chi connectivity index (χ0v) is 17.4. The van der Waals surface area contributed by atoms with E-state index in [2.05, 4.69) is 4.98 Å². The van der Waals surface area contributed by atoms with Gasteiger partial charge in [-0.15, -0.1) is 0 Å². The lowest BCUT2D eigenvalue weighted by atomic mass is 9.97. The van der Waals surface area contributed by atoms with E-state index < -0.39 is 16.9 Å². The van der Waals surface area contributed by atoms with Crippen LogP contribution in [-0.4, -0.2) is 47.6 Å². The number of hydrogen-bond donors (Lipinski definition) is 1. The molecule has 0 unspecified atom stereocenters. The zero-order valence-electron chi connectivity index (χ0n) is 16.6. The van der Waals surface area contributed by atoms with Crippen LogP contribution < -0.4 is 14.9 Å². The summed E-state index contributed by atoms with van der Waals surface area (Å²) in [4.78, 5) is 28.5. The minimum Gasteiger partial charge on any atom is -0.490 e. The summed E-state index contributed by atoms with van der Waals surface area (Å²) >= 11 is 6.36. The van der Waals surface area contributed by atoms with Crippen molar-refractivity contribution in [2.45, 2.75) is 37.6 Å². The second-order valence-electron chi connectivity index (χ2n) is 7.65. The Hall–Kier alpha value is -2.58. The van der Waals surface area contributed by atoms with Crippen molar-refractivity contribution in [2.24, 2.45) is 0 Å². The maximum Gasteiger partial charge on any atom is 0.341 e. The number of carboxylic acids is 1. The Kier molecular flexibility index (Phi) is 5.71. The van der Waals surface area contributed by atoms with Gasteiger partial charge in [-0.25, -0.2) is 9.78 Å². The number of carbonyl (C=O) groups is 1. The number of aromatic nitrogens is 2. The van der Waals surface area contributed by atoms with Crippen LogP contribution in [0.25, 0.3) is 11.4 Å². The average molecular weight is 435 g/mol. The number of rotatable bonds is 6. The van der Waals surface area contributed by atoms with Crippen molar-refractivity contribution in [3.8, 4) is 22.9 Å². The molecule has 2 aliphatic rings. The molecule has 1 saturated carbocycles. The Bertz CT molecular complexity index is 1030. The molecule has 3 heterocycles. The Morgan fingerprint density at radius 2 is 2.10 bits per heavy atom. The van der Waals surface area contributed by atoms with Crippen LogP contribution in [0.1, 0.15) is 42.5 Å². The smallest absolute Gasteiger partial charge is 0.341 e. The van der Waals surface area contributed by atoms with Crippen LogP contribution in [0.2, 0.25) is 5.15 Å². The fourth-order valence-electron chi connectivity index (χ4n) is 4.20. The topological polar surface area (TPSA) is 99.9 Å². The van der Waals surface area contributed by atoms with Gasteiger partial charge in [-0.2, -0.15) is 0 Å². The summed E-state index contributed by atoms with van der Waals surface area (Å²) in [6, 6.07) is 3.00. The first-order valence-electron chi connectivity index (χ1n) is 9.91. The van der Waals surface area contributed by atoms with Gasteiger partial charge in [-0.3, -0.25) is 4.79 Å². The number of methoxy groups -OCH3 is 1. The molecule has 0 saturated heterocycles. The Morgan fingerprint density at radius 1 is 1.33 bits per heavy atom. The van der Waals surface area contributed by atoms with Crippen LogP contribution in [-0.2, 0) is 10.3 Å². The molecule has 4 rings (SSSR count). The van der Waals surface area contributed by atoms with E-state index in [1.54, 1.807) is 13.2 Å². The normalized spacial score (nSPS) is 16.5. The Balaban J connectivity index is 1.82.